The van der Waals surface area contributed by atoms with Crippen LogP contribution in [0.15, 0.2) is 30.3 Å². The molecule has 0 amide bonds. The minimum atomic E-state index is 0.450. The van der Waals surface area contributed by atoms with Gasteiger partial charge in [-0.3, -0.25) is 0 Å². The summed E-state index contributed by atoms with van der Waals surface area (Å²) in [5, 5.41) is 9.81. The van der Waals surface area contributed by atoms with Crippen LogP contribution in [0.25, 0.3) is 0 Å². The topological polar surface area (TPSA) is 27.0 Å². The number of benzene rings is 1. The van der Waals surface area contributed by atoms with E-state index in [9.17, 15) is 0 Å². The van der Waals surface area contributed by atoms with Gasteiger partial charge in [-0.25, -0.2) is 0 Å². The van der Waals surface area contributed by atoms with Crippen molar-refractivity contribution in [2.45, 2.75) is 19.3 Å². The molecule has 0 unspecified atom stereocenters. The van der Waals surface area contributed by atoms with Gasteiger partial charge in [0, 0.05) is 24.1 Å². The highest BCUT2D eigenvalue weighted by Gasteiger charge is 2.42. The van der Waals surface area contributed by atoms with E-state index in [1.54, 1.807) is 0 Å². The minimum Gasteiger partial charge on any atom is -0.370 e. The first-order valence-electron chi connectivity index (χ1n) is 6.03. The normalized spacial score (nSPS) is 16.2. The molecule has 1 saturated carbocycles. The fourth-order valence-corrected chi connectivity index (χ4v) is 2.78. The third-order valence-electron chi connectivity index (χ3n) is 3.38. The number of hydrogen-bond acceptors (Lipinski definition) is 2. The van der Waals surface area contributed by atoms with Crippen LogP contribution in [0.3, 0.4) is 0 Å². The molecule has 1 aliphatic rings. The predicted octanol–water partition coefficient (Wildman–Crippen LogP) is 3.58. The molecule has 1 aliphatic carbocycles. The molecular weight excluding hydrogens is 276 g/mol. The minimum absolute atomic E-state index is 0.450. The molecule has 90 valence electrons. The molecule has 0 N–H and O–H groups in total. The first-order chi connectivity index (χ1) is 8.29. The van der Waals surface area contributed by atoms with Crippen molar-refractivity contribution in [3.63, 3.8) is 0 Å². The second-order valence-corrected chi connectivity index (χ2v) is 5.36. The Morgan fingerprint density at radius 2 is 2.00 bits per heavy atom. The van der Waals surface area contributed by atoms with Gasteiger partial charge >= 0.3 is 0 Å². The Kier molecular flexibility index (Phi) is 4.06. The van der Waals surface area contributed by atoms with Gasteiger partial charge in [0.1, 0.15) is 0 Å². The third kappa shape index (κ3) is 3.23. The molecule has 1 aromatic rings. The average Bonchev–Trinajstić information content (AvgIpc) is 3.16. The Morgan fingerprint density at radius 1 is 1.29 bits per heavy atom. The molecule has 0 bridgehead atoms. The van der Waals surface area contributed by atoms with Gasteiger partial charge in [-0.15, -0.1) is 0 Å². The summed E-state index contributed by atoms with van der Waals surface area (Å²) in [6, 6.07) is 12.6. The number of nitrogens with zero attached hydrogens (tertiary/aromatic N) is 2. The van der Waals surface area contributed by atoms with Crippen molar-refractivity contribution in [1.29, 1.82) is 5.26 Å². The van der Waals surface area contributed by atoms with E-state index in [4.69, 9.17) is 5.26 Å². The van der Waals surface area contributed by atoms with Crippen molar-refractivity contribution in [1.82, 2.24) is 0 Å². The number of anilines is 1. The molecule has 0 atom stereocenters. The standard InChI is InChI=1S/C14H17BrN2/c15-11-14(7-8-14)12-17(10-4-9-16)13-5-2-1-3-6-13/h1-3,5-6H,4,7-8,10-12H2. The molecule has 0 radical (unpaired) electrons. The van der Waals surface area contributed by atoms with Gasteiger partial charge in [-0.1, -0.05) is 34.1 Å². The van der Waals surface area contributed by atoms with Gasteiger partial charge < -0.3 is 4.90 Å². The van der Waals surface area contributed by atoms with E-state index in [0.29, 0.717) is 11.8 Å². The Hall–Kier alpha value is -1.01. The molecule has 1 fully saturated rings. The van der Waals surface area contributed by atoms with Crippen molar-refractivity contribution in [2.75, 3.05) is 23.3 Å². The lowest BCUT2D eigenvalue weighted by Gasteiger charge is -2.28. The van der Waals surface area contributed by atoms with E-state index in [-0.39, 0.29) is 0 Å². The van der Waals surface area contributed by atoms with Gasteiger partial charge in [0.2, 0.25) is 0 Å². The van der Waals surface area contributed by atoms with Crippen LogP contribution in [-0.2, 0) is 0 Å². The fraction of sp³-hybridized carbons (Fsp3) is 0.500. The number of para-hydroxylation sites is 1. The maximum atomic E-state index is 8.75. The summed E-state index contributed by atoms with van der Waals surface area (Å²) >= 11 is 3.61. The van der Waals surface area contributed by atoms with Gasteiger partial charge in [-0.2, -0.15) is 5.26 Å². The Labute approximate surface area is 111 Å². The average molecular weight is 293 g/mol. The molecule has 0 heterocycles. The SMILES string of the molecule is N#CCCN(CC1(CBr)CC1)c1ccccc1. The molecule has 17 heavy (non-hydrogen) atoms. The zero-order valence-corrected chi connectivity index (χ0v) is 11.5. The van der Waals surface area contributed by atoms with Crippen LogP contribution in [0.2, 0.25) is 0 Å². The van der Waals surface area contributed by atoms with E-state index in [0.717, 1.165) is 18.4 Å². The highest BCUT2D eigenvalue weighted by Crippen LogP contribution is 2.48. The van der Waals surface area contributed by atoms with Gasteiger partial charge in [0.05, 0.1) is 12.5 Å². The summed E-state index contributed by atoms with van der Waals surface area (Å²) in [5.41, 5.74) is 1.68. The second-order valence-electron chi connectivity index (χ2n) is 4.80. The Morgan fingerprint density at radius 3 is 2.53 bits per heavy atom. The summed E-state index contributed by atoms with van der Waals surface area (Å²) in [6.45, 7) is 1.89. The predicted molar refractivity (Wildman–Crippen MR) is 74.3 cm³/mol. The quantitative estimate of drug-likeness (QED) is 0.750. The zero-order valence-electron chi connectivity index (χ0n) is 9.90. The lowest BCUT2D eigenvalue weighted by molar-refractivity contribution is 0.563. The molecular formula is C14H17BrN2. The van der Waals surface area contributed by atoms with Crippen LogP contribution in [0.5, 0.6) is 0 Å². The molecule has 0 aromatic heterocycles. The van der Waals surface area contributed by atoms with Crippen LogP contribution in [0.1, 0.15) is 19.3 Å². The maximum absolute atomic E-state index is 8.75. The largest absolute Gasteiger partial charge is 0.370 e. The lowest BCUT2D eigenvalue weighted by atomic mass is 10.1. The van der Waals surface area contributed by atoms with Crippen LogP contribution in [0, 0.1) is 16.7 Å². The van der Waals surface area contributed by atoms with Crippen molar-refractivity contribution < 1.29 is 0 Å². The van der Waals surface area contributed by atoms with E-state index in [1.807, 2.05) is 6.07 Å². The third-order valence-corrected chi connectivity index (χ3v) is 4.57. The van der Waals surface area contributed by atoms with Gasteiger partial charge in [-0.05, 0) is 30.4 Å². The summed E-state index contributed by atoms with van der Waals surface area (Å²) < 4.78 is 0. The molecule has 3 heteroatoms. The molecule has 0 spiro atoms. The number of rotatable bonds is 6. The summed E-state index contributed by atoms with van der Waals surface area (Å²) in [4.78, 5) is 2.34. The maximum Gasteiger partial charge on any atom is 0.0640 e. The highest BCUT2D eigenvalue weighted by molar-refractivity contribution is 9.09. The van der Waals surface area contributed by atoms with Crippen LogP contribution < -0.4 is 4.90 Å². The first kappa shape index (κ1) is 12.4. The lowest BCUT2D eigenvalue weighted by Crippen LogP contribution is -2.32. The van der Waals surface area contributed by atoms with Crippen molar-refractivity contribution in [2.24, 2.45) is 5.41 Å². The van der Waals surface area contributed by atoms with Crippen LogP contribution in [0.4, 0.5) is 5.69 Å². The van der Waals surface area contributed by atoms with Crippen LogP contribution in [-0.4, -0.2) is 18.4 Å². The zero-order chi connectivity index (χ0) is 12.1. The van der Waals surface area contributed by atoms with E-state index >= 15 is 0 Å². The molecule has 2 rings (SSSR count). The van der Waals surface area contributed by atoms with Crippen molar-refractivity contribution in [3.05, 3.63) is 30.3 Å². The summed E-state index contributed by atoms with van der Waals surface area (Å²) in [5.74, 6) is 0. The van der Waals surface area contributed by atoms with E-state index in [1.165, 1.54) is 18.5 Å². The summed E-state index contributed by atoms with van der Waals surface area (Å²) in [6.07, 6.45) is 3.19. The molecule has 1 aromatic carbocycles. The monoisotopic (exact) mass is 292 g/mol. The fourth-order valence-electron chi connectivity index (χ4n) is 2.04. The van der Waals surface area contributed by atoms with Crippen LogP contribution >= 0.6 is 15.9 Å². The number of alkyl halides is 1. The first-order valence-corrected chi connectivity index (χ1v) is 7.15. The molecule has 0 saturated heterocycles. The summed E-state index contributed by atoms with van der Waals surface area (Å²) in [7, 11) is 0. The number of nitriles is 1. The van der Waals surface area contributed by atoms with E-state index in [2.05, 4.69) is 51.2 Å². The highest BCUT2D eigenvalue weighted by atomic mass is 79.9. The second kappa shape index (κ2) is 5.55. The Balaban J connectivity index is 2.06. The Bertz CT molecular complexity index is 392. The van der Waals surface area contributed by atoms with Crippen molar-refractivity contribution >= 4 is 21.6 Å². The van der Waals surface area contributed by atoms with Gasteiger partial charge in [0.25, 0.3) is 0 Å². The van der Waals surface area contributed by atoms with Gasteiger partial charge in [0.15, 0.2) is 0 Å². The number of halogens is 1. The number of hydrogen-bond donors (Lipinski definition) is 0. The molecule has 0 aliphatic heterocycles. The molecule has 2 nitrogen and oxygen atoms in total. The van der Waals surface area contributed by atoms with E-state index < -0.39 is 0 Å². The van der Waals surface area contributed by atoms with Crippen molar-refractivity contribution in [3.8, 4) is 6.07 Å². The smallest absolute Gasteiger partial charge is 0.0640 e.